The smallest absolute Gasteiger partial charge is 0.317 e. The maximum Gasteiger partial charge on any atom is 0.317 e. The molecule has 1 aliphatic heterocycles. The van der Waals surface area contributed by atoms with Crippen molar-refractivity contribution < 1.29 is 14.3 Å². The monoisotopic (exact) mass is 320 g/mol. The highest BCUT2D eigenvalue weighted by molar-refractivity contribution is 5.74. The highest BCUT2D eigenvalue weighted by Crippen LogP contribution is 2.10. The Kier molecular flexibility index (Phi) is 6.86. The average molecular weight is 320 g/mol. The van der Waals surface area contributed by atoms with Crippen molar-refractivity contribution in [3.05, 3.63) is 35.4 Å². The van der Waals surface area contributed by atoms with Crippen LogP contribution in [0.15, 0.2) is 24.3 Å². The molecule has 1 heterocycles. The Morgan fingerprint density at radius 2 is 2.17 bits per heavy atom. The van der Waals surface area contributed by atoms with Crippen molar-refractivity contribution >= 4 is 6.03 Å². The number of hydrogen-bond acceptors (Lipinski definition) is 3. The number of amides is 2. The van der Waals surface area contributed by atoms with Crippen LogP contribution >= 0.6 is 0 Å². The van der Waals surface area contributed by atoms with Crippen LogP contribution in [0.2, 0.25) is 0 Å². The van der Waals surface area contributed by atoms with Crippen LogP contribution in [0.5, 0.6) is 0 Å². The second-order valence-corrected chi connectivity index (χ2v) is 6.14. The summed E-state index contributed by atoms with van der Waals surface area (Å²) in [7, 11) is 1.65. The summed E-state index contributed by atoms with van der Waals surface area (Å²) in [5.41, 5.74) is 2.50. The number of ether oxygens (including phenoxy) is 2. The van der Waals surface area contributed by atoms with Crippen molar-refractivity contribution in [2.45, 2.75) is 38.8 Å². The van der Waals surface area contributed by atoms with Crippen molar-refractivity contribution in [2.75, 3.05) is 33.4 Å². The molecule has 1 aromatic rings. The van der Waals surface area contributed by atoms with Crippen LogP contribution in [-0.4, -0.2) is 56.5 Å². The quantitative estimate of drug-likeness (QED) is 0.875. The van der Waals surface area contributed by atoms with Gasteiger partial charge < -0.3 is 19.7 Å². The topological polar surface area (TPSA) is 50.8 Å². The molecule has 5 nitrogen and oxygen atoms in total. The number of benzene rings is 1. The number of nitrogens with one attached hydrogen (secondary N) is 1. The van der Waals surface area contributed by atoms with Crippen LogP contribution in [0.1, 0.15) is 24.5 Å². The largest absolute Gasteiger partial charge is 0.382 e. The van der Waals surface area contributed by atoms with E-state index in [1.165, 1.54) is 11.1 Å². The molecule has 0 saturated carbocycles. The van der Waals surface area contributed by atoms with Gasteiger partial charge in [0.2, 0.25) is 0 Å². The molecule has 1 aromatic carbocycles. The fourth-order valence-electron chi connectivity index (χ4n) is 2.76. The molecule has 0 aromatic heterocycles. The van der Waals surface area contributed by atoms with Gasteiger partial charge >= 0.3 is 6.03 Å². The Balaban J connectivity index is 1.87. The number of methoxy groups -OCH3 is 1. The molecule has 0 bridgehead atoms. The summed E-state index contributed by atoms with van der Waals surface area (Å²) >= 11 is 0. The van der Waals surface area contributed by atoms with Crippen molar-refractivity contribution in [1.29, 1.82) is 0 Å². The molecule has 5 heteroatoms. The van der Waals surface area contributed by atoms with Crippen LogP contribution in [0, 0.1) is 6.92 Å². The van der Waals surface area contributed by atoms with E-state index in [4.69, 9.17) is 9.47 Å². The highest BCUT2D eigenvalue weighted by Gasteiger charge is 2.25. The Labute approximate surface area is 139 Å². The van der Waals surface area contributed by atoms with Gasteiger partial charge in [-0.25, -0.2) is 4.79 Å². The first-order valence-electron chi connectivity index (χ1n) is 8.34. The molecular weight excluding hydrogens is 292 g/mol. The van der Waals surface area contributed by atoms with Crippen LogP contribution in [0.4, 0.5) is 4.79 Å². The van der Waals surface area contributed by atoms with Crippen molar-refractivity contribution in [3.63, 3.8) is 0 Å². The maximum absolute atomic E-state index is 12.5. The zero-order chi connectivity index (χ0) is 16.7. The minimum atomic E-state index is -0.0309. The molecule has 0 aliphatic carbocycles. The Morgan fingerprint density at radius 1 is 1.43 bits per heavy atom. The van der Waals surface area contributed by atoms with Crippen LogP contribution < -0.4 is 5.32 Å². The molecule has 23 heavy (non-hydrogen) atoms. The van der Waals surface area contributed by atoms with Crippen molar-refractivity contribution in [3.8, 4) is 0 Å². The zero-order valence-corrected chi connectivity index (χ0v) is 14.4. The predicted octanol–water partition coefficient (Wildman–Crippen LogP) is 2.37. The minimum Gasteiger partial charge on any atom is -0.382 e. The highest BCUT2D eigenvalue weighted by atomic mass is 16.5. The standard InChI is InChI=1S/C18H28N2O3/c1-4-16(11-15-7-5-14(2)6-8-15)19-18(21)20-9-10-23-17(12-20)13-22-3/h5-8,16-17H,4,9-13H2,1-3H3,(H,19,21). The molecule has 2 unspecified atom stereocenters. The SMILES string of the molecule is CCC(Cc1ccc(C)cc1)NC(=O)N1CCOC(COC)C1. The van der Waals surface area contributed by atoms with E-state index in [0.29, 0.717) is 26.3 Å². The lowest BCUT2D eigenvalue weighted by Crippen LogP contribution is -2.52. The van der Waals surface area contributed by atoms with E-state index in [1.54, 1.807) is 7.11 Å². The molecule has 1 aliphatic rings. The van der Waals surface area contributed by atoms with Gasteiger partial charge in [0.15, 0.2) is 0 Å². The first-order valence-corrected chi connectivity index (χ1v) is 8.34. The van der Waals surface area contributed by atoms with Gasteiger partial charge in [0.1, 0.15) is 0 Å². The summed E-state index contributed by atoms with van der Waals surface area (Å²) in [6.07, 6.45) is 1.73. The summed E-state index contributed by atoms with van der Waals surface area (Å²) in [5.74, 6) is 0. The Bertz CT molecular complexity index is 488. The van der Waals surface area contributed by atoms with Gasteiger partial charge in [0.05, 0.1) is 25.9 Å². The summed E-state index contributed by atoms with van der Waals surface area (Å²) in [6.45, 7) is 6.48. The molecular formula is C18H28N2O3. The molecule has 1 N–H and O–H groups in total. The number of morpholine rings is 1. The lowest BCUT2D eigenvalue weighted by atomic mass is 10.0. The maximum atomic E-state index is 12.5. The fourth-order valence-corrected chi connectivity index (χ4v) is 2.76. The third kappa shape index (κ3) is 5.52. The van der Waals surface area contributed by atoms with E-state index in [1.807, 2.05) is 4.90 Å². The first kappa shape index (κ1) is 17.8. The van der Waals surface area contributed by atoms with Gasteiger partial charge in [-0.1, -0.05) is 36.8 Å². The van der Waals surface area contributed by atoms with E-state index in [2.05, 4.69) is 43.4 Å². The fraction of sp³-hybridized carbons (Fsp3) is 0.611. The molecule has 128 valence electrons. The lowest BCUT2D eigenvalue weighted by Gasteiger charge is -2.33. The summed E-state index contributed by atoms with van der Waals surface area (Å²) in [5, 5.41) is 3.15. The third-order valence-electron chi connectivity index (χ3n) is 4.20. The molecule has 0 radical (unpaired) electrons. The molecule has 0 spiro atoms. The number of nitrogens with zero attached hydrogens (tertiary/aromatic N) is 1. The third-order valence-corrected chi connectivity index (χ3v) is 4.20. The van der Waals surface area contributed by atoms with E-state index < -0.39 is 0 Å². The van der Waals surface area contributed by atoms with E-state index in [0.717, 1.165) is 12.8 Å². The summed E-state index contributed by atoms with van der Waals surface area (Å²) in [4.78, 5) is 14.3. The van der Waals surface area contributed by atoms with E-state index in [-0.39, 0.29) is 18.2 Å². The average Bonchev–Trinajstić information content (AvgIpc) is 2.56. The van der Waals surface area contributed by atoms with Crippen LogP contribution in [-0.2, 0) is 15.9 Å². The van der Waals surface area contributed by atoms with E-state index >= 15 is 0 Å². The van der Waals surface area contributed by atoms with Gasteiger partial charge in [0, 0.05) is 19.7 Å². The van der Waals surface area contributed by atoms with Crippen molar-refractivity contribution in [2.24, 2.45) is 0 Å². The molecule has 1 fully saturated rings. The Morgan fingerprint density at radius 3 is 2.83 bits per heavy atom. The molecule has 2 rings (SSSR count). The number of carbonyl (C=O) groups is 1. The molecule has 2 atom stereocenters. The summed E-state index contributed by atoms with van der Waals surface area (Å²) in [6, 6.07) is 8.63. The van der Waals surface area contributed by atoms with E-state index in [9.17, 15) is 4.79 Å². The second-order valence-electron chi connectivity index (χ2n) is 6.14. The molecule has 2 amide bonds. The van der Waals surface area contributed by atoms with Crippen molar-refractivity contribution in [1.82, 2.24) is 10.2 Å². The first-order chi connectivity index (χ1) is 11.1. The second kappa shape index (κ2) is 8.89. The zero-order valence-electron chi connectivity index (χ0n) is 14.4. The predicted molar refractivity (Wildman–Crippen MR) is 90.7 cm³/mol. The van der Waals surface area contributed by atoms with Crippen LogP contribution in [0.3, 0.4) is 0 Å². The van der Waals surface area contributed by atoms with Gasteiger partial charge in [-0.15, -0.1) is 0 Å². The summed E-state index contributed by atoms with van der Waals surface area (Å²) < 4.78 is 10.7. The lowest BCUT2D eigenvalue weighted by molar-refractivity contribution is -0.0496. The van der Waals surface area contributed by atoms with Gasteiger partial charge in [-0.05, 0) is 25.3 Å². The number of carbonyl (C=O) groups excluding carboxylic acids is 1. The number of hydrogen-bond donors (Lipinski definition) is 1. The normalized spacial score (nSPS) is 19.4. The van der Waals surface area contributed by atoms with Gasteiger partial charge in [-0.3, -0.25) is 0 Å². The van der Waals surface area contributed by atoms with Gasteiger partial charge in [-0.2, -0.15) is 0 Å². The van der Waals surface area contributed by atoms with Gasteiger partial charge in [0.25, 0.3) is 0 Å². The number of rotatable bonds is 6. The Hall–Kier alpha value is -1.59. The number of urea groups is 1. The van der Waals surface area contributed by atoms with Crippen LogP contribution in [0.25, 0.3) is 0 Å². The minimum absolute atomic E-state index is 0.00614. The molecule has 1 saturated heterocycles. The number of aryl methyl sites for hydroxylation is 1.